The van der Waals surface area contributed by atoms with Crippen LogP contribution < -0.4 is 9.62 Å². The van der Waals surface area contributed by atoms with Crippen molar-refractivity contribution in [2.24, 2.45) is 0 Å². The first kappa shape index (κ1) is 28.8. The van der Waals surface area contributed by atoms with Crippen molar-refractivity contribution < 1.29 is 22.4 Å². The molecule has 0 aliphatic heterocycles. The molecule has 202 valence electrons. The molecule has 1 N–H and O–H groups in total. The van der Waals surface area contributed by atoms with Crippen molar-refractivity contribution in [3.63, 3.8) is 0 Å². The van der Waals surface area contributed by atoms with E-state index in [1.165, 1.54) is 29.2 Å². The van der Waals surface area contributed by atoms with Crippen molar-refractivity contribution in [3.05, 3.63) is 95.8 Å². The maximum absolute atomic E-state index is 13.8. The van der Waals surface area contributed by atoms with Crippen LogP contribution in [0.2, 0.25) is 0 Å². The normalized spacial score (nSPS) is 12.0. The number of rotatable bonds is 12. The molecule has 2 amide bonds. The molecule has 0 heterocycles. The summed E-state index contributed by atoms with van der Waals surface area (Å²) in [7, 11) is -4.18. The van der Waals surface area contributed by atoms with Gasteiger partial charge in [-0.1, -0.05) is 55.8 Å². The van der Waals surface area contributed by atoms with Crippen molar-refractivity contribution >= 4 is 27.5 Å². The zero-order chi connectivity index (χ0) is 27.7. The highest BCUT2D eigenvalue weighted by Crippen LogP contribution is 2.25. The number of nitrogens with one attached hydrogen (secondary N) is 1. The molecule has 38 heavy (non-hydrogen) atoms. The molecule has 0 radical (unpaired) electrons. The minimum atomic E-state index is -4.18. The number of aryl methyl sites for hydroxylation is 1. The molecule has 3 aromatic rings. The molecule has 0 aromatic heterocycles. The van der Waals surface area contributed by atoms with E-state index in [9.17, 15) is 22.4 Å². The monoisotopic (exact) mass is 539 g/mol. The standard InChI is InChI=1S/C29H34FN3O4S/c1-4-5-19-31-29(35)23(3)32(20-24-12-10-9-11-22(24)2)28(34)21-33(26-17-15-25(30)16-18-26)38(36,37)27-13-7-6-8-14-27/h6-18,23H,4-5,19-21H2,1-3H3,(H,31,35)/t23-/m0/s1. The molecular formula is C29H34FN3O4S. The highest BCUT2D eigenvalue weighted by molar-refractivity contribution is 7.92. The van der Waals surface area contributed by atoms with Crippen LogP contribution in [-0.2, 0) is 26.2 Å². The molecule has 0 fully saturated rings. The number of amides is 2. The SMILES string of the molecule is CCCCNC(=O)[C@H](C)N(Cc1ccccc1C)C(=O)CN(c1ccc(F)cc1)S(=O)(=O)c1ccccc1. The molecular weight excluding hydrogens is 505 g/mol. The van der Waals surface area contributed by atoms with E-state index in [1.54, 1.807) is 25.1 Å². The molecule has 9 heteroatoms. The number of unbranched alkanes of at least 4 members (excludes halogenated alkanes) is 1. The Morgan fingerprint density at radius 3 is 2.21 bits per heavy atom. The summed E-state index contributed by atoms with van der Waals surface area (Å²) >= 11 is 0. The van der Waals surface area contributed by atoms with E-state index < -0.39 is 34.3 Å². The van der Waals surface area contributed by atoms with E-state index >= 15 is 0 Å². The molecule has 3 rings (SSSR count). The highest BCUT2D eigenvalue weighted by Gasteiger charge is 2.32. The average Bonchev–Trinajstić information content (AvgIpc) is 2.92. The van der Waals surface area contributed by atoms with Gasteiger partial charge in [-0.15, -0.1) is 0 Å². The topological polar surface area (TPSA) is 86.8 Å². The van der Waals surface area contributed by atoms with Crippen LogP contribution in [0.25, 0.3) is 0 Å². The van der Waals surface area contributed by atoms with Gasteiger partial charge in [0.15, 0.2) is 0 Å². The number of carbonyl (C=O) groups is 2. The summed E-state index contributed by atoms with van der Waals surface area (Å²) in [6, 6.07) is 19.3. The Morgan fingerprint density at radius 1 is 0.947 bits per heavy atom. The van der Waals surface area contributed by atoms with E-state index in [2.05, 4.69) is 5.32 Å². The van der Waals surface area contributed by atoms with Crippen LogP contribution in [0.15, 0.2) is 83.8 Å². The second-order valence-electron chi connectivity index (χ2n) is 9.07. The summed E-state index contributed by atoms with van der Waals surface area (Å²) in [6.07, 6.45) is 1.71. The van der Waals surface area contributed by atoms with Crippen molar-refractivity contribution in [3.8, 4) is 0 Å². The molecule has 0 aliphatic rings. The number of hydrogen-bond acceptors (Lipinski definition) is 4. The summed E-state index contributed by atoms with van der Waals surface area (Å²) in [5, 5.41) is 2.86. The van der Waals surface area contributed by atoms with Gasteiger partial charge in [-0.3, -0.25) is 13.9 Å². The quantitative estimate of drug-likeness (QED) is 0.339. The molecule has 7 nitrogen and oxygen atoms in total. The second-order valence-corrected chi connectivity index (χ2v) is 10.9. The largest absolute Gasteiger partial charge is 0.354 e. The second kappa shape index (κ2) is 13.2. The van der Waals surface area contributed by atoms with Gasteiger partial charge < -0.3 is 10.2 Å². The smallest absolute Gasteiger partial charge is 0.264 e. The summed E-state index contributed by atoms with van der Waals surface area (Å²) in [5.74, 6) is -1.41. The van der Waals surface area contributed by atoms with Gasteiger partial charge in [0.05, 0.1) is 10.6 Å². The first-order valence-corrected chi connectivity index (χ1v) is 14.0. The lowest BCUT2D eigenvalue weighted by molar-refractivity contribution is -0.139. The van der Waals surface area contributed by atoms with Gasteiger partial charge >= 0.3 is 0 Å². The highest BCUT2D eigenvalue weighted by atomic mass is 32.2. The van der Waals surface area contributed by atoms with Gasteiger partial charge in [-0.25, -0.2) is 12.8 Å². The number of carbonyl (C=O) groups excluding carboxylic acids is 2. The zero-order valence-corrected chi connectivity index (χ0v) is 22.7. The summed E-state index contributed by atoms with van der Waals surface area (Å²) in [5.41, 5.74) is 1.92. The molecule has 0 spiro atoms. The van der Waals surface area contributed by atoms with Crippen LogP contribution in [0.4, 0.5) is 10.1 Å². The van der Waals surface area contributed by atoms with Crippen LogP contribution in [0.5, 0.6) is 0 Å². The molecule has 0 unspecified atom stereocenters. The third kappa shape index (κ3) is 7.19. The number of benzene rings is 3. The van der Waals surface area contributed by atoms with Gasteiger partial charge in [0.25, 0.3) is 10.0 Å². The fourth-order valence-corrected chi connectivity index (χ4v) is 5.38. The summed E-state index contributed by atoms with van der Waals surface area (Å²) < 4.78 is 41.9. The molecule has 0 aliphatic carbocycles. The van der Waals surface area contributed by atoms with Gasteiger partial charge in [-0.2, -0.15) is 0 Å². The lowest BCUT2D eigenvalue weighted by atomic mass is 10.1. The van der Waals surface area contributed by atoms with E-state index in [-0.39, 0.29) is 23.0 Å². The number of anilines is 1. The van der Waals surface area contributed by atoms with E-state index in [1.807, 2.05) is 38.1 Å². The van der Waals surface area contributed by atoms with Crippen LogP contribution in [0, 0.1) is 12.7 Å². The molecule has 1 atom stereocenters. The summed E-state index contributed by atoms with van der Waals surface area (Å²) in [6.45, 7) is 5.59. The van der Waals surface area contributed by atoms with Gasteiger partial charge in [-0.05, 0) is 67.8 Å². The minimum Gasteiger partial charge on any atom is -0.354 e. The number of hydrogen-bond donors (Lipinski definition) is 1. The fourth-order valence-electron chi connectivity index (χ4n) is 3.95. The molecule has 0 saturated carbocycles. The Labute approximate surface area is 224 Å². The predicted octanol–water partition coefficient (Wildman–Crippen LogP) is 4.66. The third-order valence-electron chi connectivity index (χ3n) is 6.32. The van der Waals surface area contributed by atoms with Gasteiger partial charge in [0.2, 0.25) is 11.8 Å². The Morgan fingerprint density at radius 2 is 1.58 bits per heavy atom. The van der Waals surface area contributed by atoms with E-state index in [4.69, 9.17) is 0 Å². The van der Waals surface area contributed by atoms with E-state index in [0.29, 0.717) is 6.54 Å². The zero-order valence-electron chi connectivity index (χ0n) is 21.9. The van der Waals surface area contributed by atoms with Crippen LogP contribution in [0.1, 0.15) is 37.8 Å². The average molecular weight is 540 g/mol. The van der Waals surface area contributed by atoms with Crippen molar-refractivity contribution in [2.45, 2.75) is 51.1 Å². The van der Waals surface area contributed by atoms with Gasteiger partial charge in [0.1, 0.15) is 18.4 Å². The minimum absolute atomic E-state index is 0.00654. The first-order chi connectivity index (χ1) is 18.1. The maximum Gasteiger partial charge on any atom is 0.264 e. The van der Waals surface area contributed by atoms with Crippen LogP contribution in [0.3, 0.4) is 0 Å². The van der Waals surface area contributed by atoms with Gasteiger partial charge in [0, 0.05) is 13.1 Å². The lowest BCUT2D eigenvalue weighted by Crippen LogP contribution is -2.51. The van der Waals surface area contributed by atoms with Crippen molar-refractivity contribution in [1.82, 2.24) is 10.2 Å². The van der Waals surface area contributed by atoms with Crippen LogP contribution in [-0.4, -0.2) is 44.3 Å². The fraction of sp³-hybridized carbons (Fsp3) is 0.310. The molecule has 0 saturated heterocycles. The number of nitrogens with zero attached hydrogens (tertiary/aromatic N) is 2. The Bertz CT molecular complexity index is 1330. The first-order valence-electron chi connectivity index (χ1n) is 12.6. The van der Waals surface area contributed by atoms with E-state index in [0.717, 1.165) is 40.4 Å². The Kier molecular flexibility index (Phi) is 10.0. The molecule has 3 aromatic carbocycles. The predicted molar refractivity (Wildman–Crippen MR) is 146 cm³/mol. The third-order valence-corrected chi connectivity index (χ3v) is 8.11. The Hall–Kier alpha value is -3.72. The maximum atomic E-state index is 13.8. The Balaban J connectivity index is 1.99. The lowest BCUT2D eigenvalue weighted by Gasteiger charge is -2.32. The van der Waals surface area contributed by atoms with Crippen LogP contribution >= 0.6 is 0 Å². The number of sulfonamides is 1. The van der Waals surface area contributed by atoms with Crippen molar-refractivity contribution in [1.29, 1.82) is 0 Å². The van der Waals surface area contributed by atoms with Crippen molar-refractivity contribution in [2.75, 3.05) is 17.4 Å². The molecule has 0 bridgehead atoms. The number of halogens is 1. The summed E-state index contributed by atoms with van der Waals surface area (Å²) in [4.78, 5) is 28.2.